The minimum atomic E-state index is 0.698. The maximum Gasteiger partial charge on any atom is 0.191 e. The second kappa shape index (κ2) is 11.7. The third kappa shape index (κ3) is 7.78. The Labute approximate surface area is 152 Å². The Morgan fingerprint density at radius 1 is 1.24 bits per heavy atom. The van der Waals surface area contributed by atoms with E-state index >= 15 is 0 Å². The van der Waals surface area contributed by atoms with Gasteiger partial charge in [-0.15, -0.1) is 0 Å². The van der Waals surface area contributed by atoms with E-state index in [9.17, 15) is 0 Å². The second-order valence-corrected chi connectivity index (χ2v) is 6.62. The van der Waals surface area contributed by atoms with Gasteiger partial charge in [0.15, 0.2) is 5.96 Å². The SMILES string of the molecule is CCCN1CCC(CN=C(NCC)NCCCOc2ccccc2)C1. The normalized spacial score (nSPS) is 18.3. The van der Waals surface area contributed by atoms with Crippen molar-refractivity contribution in [2.75, 3.05) is 45.9 Å². The first-order valence-corrected chi connectivity index (χ1v) is 9.74. The van der Waals surface area contributed by atoms with Crippen molar-refractivity contribution in [3.8, 4) is 5.75 Å². The molecule has 1 heterocycles. The van der Waals surface area contributed by atoms with Crippen LogP contribution in [-0.4, -0.2) is 56.7 Å². The quantitative estimate of drug-likeness (QED) is 0.389. The summed E-state index contributed by atoms with van der Waals surface area (Å²) in [5.41, 5.74) is 0. The van der Waals surface area contributed by atoms with Crippen LogP contribution >= 0.6 is 0 Å². The average molecular weight is 347 g/mol. The van der Waals surface area contributed by atoms with Crippen LogP contribution in [0, 0.1) is 5.92 Å². The molecule has 0 aliphatic carbocycles. The smallest absolute Gasteiger partial charge is 0.191 e. The van der Waals surface area contributed by atoms with Gasteiger partial charge in [-0.3, -0.25) is 4.99 Å². The number of aliphatic imine (C=N–C) groups is 1. The molecule has 5 heteroatoms. The molecule has 0 amide bonds. The third-order valence-corrected chi connectivity index (χ3v) is 4.39. The lowest BCUT2D eigenvalue weighted by Gasteiger charge is -2.15. The maximum atomic E-state index is 5.72. The summed E-state index contributed by atoms with van der Waals surface area (Å²) in [6, 6.07) is 9.96. The number of rotatable bonds is 10. The highest BCUT2D eigenvalue weighted by molar-refractivity contribution is 5.79. The van der Waals surface area contributed by atoms with E-state index in [1.54, 1.807) is 0 Å². The molecule has 0 bridgehead atoms. The third-order valence-electron chi connectivity index (χ3n) is 4.39. The second-order valence-electron chi connectivity index (χ2n) is 6.62. The van der Waals surface area contributed by atoms with Crippen molar-refractivity contribution in [3.05, 3.63) is 30.3 Å². The first-order valence-electron chi connectivity index (χ1n) is 9.74. The van der Waals surface area contributed by atoms with Crippen molar-refractivity contribution in [1.29, 1.82) is 0 Å². The van der Waals surface area contributed by atoms with Crippen molar-refractivity contribution in [2.45, 2.75) is 33.1 Å². The summed E-state index contributed by atoms with van der Waals surface area (Å²) in [5.74, 6) is 2.56. The van der Waals surface area contributed by atoms with Crippen LogP contribution in [0.5, 0.6) is 5.75 Å². The Morgan fingerprint density at radius 2 is 2.08 bits per heavy atom. The summed E-state index contributed by atoms with van der Waals surface area (Å²) in [6.45, 7) is 11.4. The molecule has 1 aliphatic rings. The van der Waals surface area contributed by atoms with Gasteiger partial charge in [0.25, 0.3) is 0 Å². The van der Waals surface area contributed by atoms with Gasteiger partial charge < -0.3 is 20.3 Å². The zero-order valence-electron chi connectivity index (χ0n) is 15.8. The van der Waals surface area contributed by atoms with Gasteiger partial charge >= 0.3 is 0 Å². The van der Waals surface area contributed by atoms with Crippen LogP contribution in [0.15, 0.2) is 35.3 Å². The van der Waals surface area contributed by atoms with E-state index in [0.29, 0.717) is 12.5 Å². The summed E-state index contributed by atoms with van der Waals surface area (Å²) >= 11 is 0. The van der Waals surface area contributed by atoms with Gasteiger partial charge in [-0.25, -0.2) is 0 Å². The predicted octanol–water partition coefficient (Wildman–Crippen LogP) is 2.74. The maximum absolute atomic E-state index is 5.72. The lowest BCUT2D eigenvalue weighted by atomic mass is 10.1. The zero-order chi connectivity index (χ0) is 17.7. The molecule has 0 radical (unpaired) electrons. The van der Waals surface area contributed by atoms with Crippen LogP contribution in [0.2, 0.25) is 0 Å². The van der Waals surface area contributed by atoms with Crippen molar-refractivity contribution < 1.29 is 4.74 Å². The Kier molecular flexibility index (Phi) is 9.19. The number of hydrogen-bond donors (Lipinski definition) is 2. The van der Waals surface area contributed by atoms with Crippen LogP contribution in [0.4, 0.5) is 0 Å². The molecule has 25 heavy (non-hydrogen) atoms. The van der Waals surface area contributed by atoms with E-state index in [0.717, 1.165) is 37.8 Å². The van der Waals surface area contributed by atoms with E-state index in [1.165, 1.54) is 32.5 Å². The van der Waals surface area contributed by atoms with Crippen molar-refractivity contribution in [2.24, 2.45) is 10.9 Å². The van der Waals surface area contributed by atoms with E-state index in [-0.39, 0.29) is 0 Å². The van der Waals surface area contributed by atoms with Gasteiger partial charge in [0.05, 0.1) is 6.61 Å². The standard InChI is InChI=1S/C20H34N4O/c1-3-13-24-14-11-18(17-24)16-23-20(21-4-2)22-12-8-15-25-19-9-6-5-7-10-19/h5-7,9-10,18H,3-4,8,11-17H2,1-2H3,(H2,21,22,23). The number of nitrogens with one attached hydrogen (secondary N) is 2. The minimum absolute atomic E-state index is 0.698. The highest BCUT2D eigenvalue weighted by Gasteiger charge is 2.21. The van der Waals surface area contributed by atoms with Crippen LogP contribution in [0.3, 0.4) is 0 Å². The van der Waals surface area contributed by atoms with Crippen LogP contribution in [0.1, 0.15) is 33.1 Å². The molecule has 140 valence electrons. The van der Waals surface area contributed by atoms with Crippen LogP contribution in [0.25, 0.3) is 0 Å². The average Bonchev–Trinajstić information content (AvgIpc) is 3.08. The van der Waals surface area contributed by atoms with E-state index in [2.05, 4.69) is 29.4 Å². The monoisotopic (exact) mass is 346 g/mol. The molecular weight excluding hydrogens is 312 g/mol. The van der Waals surface area contributed by atoms with Gasteiger partial charge in [0.1, 0.15) is 5.75 Å². The number of nitrogens with zero attached hydrogens (tertiary/aromatic N) is 2. The molecule has 0 spiro atoms. The minimum Gasteiger partial charge on any atom is -0.494 e. The van der Waals surface area contributed by atoms with Crippen molar-refractivity contribution in [1.82, 2.24) is 15.5 Å². The molecule has 1 atom stereocenters. The van der Waals surface area contributed by atoms with Crippen molar-refractivity contribution >= 4 is 5.96 Å². The molecule has 2 N–H and O–H groups in total. The Bertz CT molecular complexity index is 492. The number of ether oxygens (including phenoxy) is 1. The first kappa shape index (κ1) is 19.6. The number of benzene rings is 1. The number of hydrogen-bond acceptors (Lipinski definition) is 3. The Morgan fingerprint density at radius 3 is 2.84 bits per heavy atom. The van der Waals surface area contributed by atoms with Gasteiger partial charge in [-0.1, -0.05) is 25.1 Å². The van der Waals surface area contributed by atoms with Crippen LogP contribution in [-0.2, 0) is 0 Å². The number of para-hydroxylation sites is 1. The van der Waals surface area contributed by atoms with Gasteiger partial charge in [-0.2, -0.15) is 0 Å². The van der Waals surface area contributed by atoms with Gasteiger partial charge in [-0.05, 0) is 57.3 Å². The molecule has 2 rings (SSSR count). The Hall–Kier alpha value is -1.75. The molecule has 0 aromatic heterocycles. The van der Waals surface area contributed by atoms with Gasteiger partial charge in [0, 0.05) is 26.2 Å². The summed E-state index contributed by atoms with van der Waals surface area (Å²) in [7, 11) is 0. The topological polar surface area (TPSA) is 48.9 Å². The van der Waals surface area contributed by atoms with E-state index in [1.807, 2.05) is 30.3 Å². The van der Waals surface area contributed by atoms with E-state index < -0.39 is 0 Å². The van der Waals surface area contributed by atoms with Crippen molar-refractivity contribution in [3.63, 3.8) is 0 Å². The fraction of sp³-hybridized carbons (Fsp3) is 0.650. The van der Waals surface area contributed by atoms with Crippen LogP contribution < -0.4 is 15.4 Å². The molecule has 1 aromatic carbocycles. The predicted molar refractivity (Wildman–Crippen MR) is 105 cm³/mol. The fourth-order valence-electron chi connectivity index (χ4n) is 3.13. The molecule has 1 aromatic rings. The molecular formula is C20H34N4O. The molecule has 1 fully saturated rings. The number of guanidine groups is 1. The highest BCUT2D eigenvalue weighted by Crippen LogP contribution is 2.16. The van der Waals surface area contributed by atoms with E-state index in [4.69, 9.17) is 9.73 Å². The summed E-state index contributed by atoms with van der Waals surface area (Å²) in [5, 5.41) is 6.75. The fourth-order valence-corrected chi connectivity index (χ4v) is 3.13. The molecule has 1 unspecified atom stereocenters. The molecule has 1 aliphatic heterocycles. The lowest BCUT2D eigenvalue weighted by molar-refractivity contribution is 0.311. The largest absolute Gasteiger partial charge is 0.494 e. The Balaban J connectivity index is 1.64. The summed E-state index contributed by atoms with van der Waals surface area (Å²) in [6.07, 6.45) is 3.46. The summed E-state index contributed by atoms with van der Waals surface area (Å²) in [4.78, 5) is 7.33. The summed E-state index contributed by atoms with van der Waals surface area (Å²) < 4.78 is 5.72. The molecule has 1 saturated heterocycles. The number of likely N-dealkylation sites (tertiary alicyclic amines) is 1. The van der Waals surface area contributed by atoms with Gasteiger partial charge in [0.2, 0.25) is 0 Å². The lowest BCUT2D eigenvalue weighted by Crippen LogP contribution is -2.38. The molecule has 0 saturated carbocycles. The zero-order valence-corrected chi connectivity index (χ0v) is 15.8. The highest BCUT2D eigenvalue weighted by atomic mass is 16.5. The molecule has 5 nitrogen and oxygen atoms in total. The first-order chi connectivity index (χ1) is 12.3.